The highest BCUT2D eigenvalue weighted by Gasteiger charge is 2.16. The largest absolute Gasteiger partial charge is 0.452 e. The van der Waals surface area contributed by atoms with Gasteiger partial charge >= 0.3 is 5.97 Å². The van der Waals surface area contributed by atoms with Crippen molar-refractivity contribution in [1.82, 2.24) is 10.3 Å². The van der Waals surface area contributed by atoms with Crippen molar-refractivity contribution >= 4 is 45.0 Å². The van der Waals surface area contributed by atoms with Gasteiger partial charge in [0, 0.05) is 12.1 Å². The molecule has 0 unspecified atom stereocenters. The smallest absolute Gasteiger partial charge is 0.338 e. The lowest BCUT2D eigenvalue weighted by molar-refractivity contribution is -0.126. The van der Waals surface area contributed by atoms with Crippen molar-refractivity contribution in [2.75, 3.05) is 18.5 Å². The van der Waals surface area contributed by atoms with Crippen LogP contribution in [0, 0.1) is 5.82 Å². The third-order valence-electron chi connectivity index (χ3n) is 4.83. The number of hydrogen-bond acceptors (Lipinski definition) is 6. The van der Waals surface area contributed by atoms with E-state index < -0.39 is 30.2 Å². The molecule has 2 N–H and O–H groups in total. The van der Waals surface area contributed by atoms with Crippen molar-refractivity contribution in [3.8, 4) is 0 Å². The number of aromatic nitrogens is 1. The van der Waals surface area contributed by atoms with Gasteiger partial charge < -0.3 is 15.4 Å². The van der Waals surface area contributed by atoms with Gasteiger partial charge in [0.05, 0.1) is 27.3 Å². The molecule has 0 aliphatic carbocycles. The fourth-order valence-corrected chi connectivity index (χ4v) is 4.20. The number of benzene rings is 3. The molecule has 0 aliphatic rings. The van der Waals surface area contributed by atoms with E-state index in [2.05, 4.69) is 15.6 Å². The maximum atomic E-state index is 12.9. The lowest BCUT2D eigenvalue weighted by atomic mass is 10.1. The first kappa shape index (κ1) is 23.1. The molecule has 172 valence electrons. The molecule has 34 heavy (non-hydrogen) atoms. The summed E-state index contributed by atoms with van der Waals surface area (Å²) >= 11 is 1.56. The number of rotatable bonds is 8. The number of thiazole rings is 1. The molecule has 0 saturated carbocycles. The second kappa shape index (κ2) is 10.7. The number of carbonyl (C=O) groups excluding carboxylic acids is 3. The summed E-state index contributed by atoms with van der Waals surface area (Å²) in [5.74, 6) is -2.17. The highest BCUT2D eigenvalue weighted by atomic mass is 32.1. The molecular weight excluding hydrogens is 457 g/mol. The maximum absolute atomic E-state index is 12.9. The fourth-order valence-electron chi connectivity index (χ4n) is 3.21. The first-order chi connectivity index (χ1) is 16.5. The van der Waals surface area contributed by atoms with Gasteiger partial charge in [0.1, 0.15) is 5.82 Å². The molecule has 0 aliphatic heterocycles. The molecule has 0 fully saturated rings. The van der Waals surface area contributed by atoms with E-state index in [-0.39, 0.29) is 6.54 Å². The second-order valence-corrected chi connectivity index (χ2v) is 8.43. The van der Waals surface area contributed by atoms with Gasteiger partial charge in [0.15, 0.2) is 6.61 Å². The van der Waals surface area contributed by atoms with Gasteiger partial charge in [0.25, 0.3) is 5.91 Å². The quantitative estimate of drug-likeness (QED) is 0.375. The minimum absolute atomic E-state index is 0.318. The molecule has 2 amide bonds. The molecule has 0 spiro atoms. The Kier molecular flexibility index (Phi) is 7.24. The Hall–Kier alpha value is -4.11. The minimum Gasteiger partial charge on any atom is -0.452 e. The Bertz CT molecular complexity index is 1300. The van der Waals surface area contributed by atoms with Crippen LogP contribution in [-0.4, -0.2) is 35.9 Å². The van der Waals surface area contributed by atoms with Crippen LogP contribution in [-0.2, 0) is 20.7 Å². The first-order valence-electron chi connectivity index (χ1n) is 10.4. The number of amides is 2. The van der Waals surface area contributed by atoms with Gasteiger partial charge in [-0.1, -0.05) is 30.3 Å². The van der Waals surface area contributed by atoms with Crippen LogP contribution in [0.1, 0.15) is 20.9 Å². The molecule has 0 radical (unpaired) electrons. The van der Waals surface area contributed by atoms with Crippen LogP contribution < -0.4 is 10.6 Å². The molecule has 4 aromatic rings. The Morgan fingerprint density at radius 1 is 0.912 bits per heavy atom. The minimum atomic E-state index is -0.636. The number of nitrogens with one attached hydrogen (secondary N) is 2. The van der Waals surface area contributed by atoms with Gasteiger partial charge in [-0.25, -0.2) is 14.2 Å². The van der Waals surface area contributed by atoms with Crippen molar-refractivity contribution < 1.29 is 23.5 Å². The monoisotopic (exact) mass is 477 g/mol. The van der Waals surface area contributed by atoms with Crippen LogP contribution >= 0.6 is 11.3 Å². The molecule has 1 heterocycles. The lowest BCUT2D eigenvalue weighted by Gasteiger charge is -2.10. The zero-order valence-corrected chi connectivity index (χ0v) is 18.7. The van der Waals surface area contributed by atoms with Crippen molar-refractivity contribution in [1.29, 1.82) is 0 Å². The summed E-state index contributed by atoms with van der Waals surface area (Å²) in [6.07, 6.45) is 0.459. The van der Waals surface area contributed by atoms with Gasteiger partial charge in [-0.3, -0.25) is 9.59 Å². The third-order valence-corrected chi connectivity index (χ3v) is 5.86. The van der Waals surface area contributed by atoms with Crippen LogP contribution in [0.2, 0.25) is 0 Å². The summed E-state index contributed by atoms with van der Waals surface area (Å²) in [5.41, 5.74) is 2.40. The fraction of sp³-hybridized carbons (Fsp3) is 0.120. The highest BCUT2D eigenvalue weighted by Crippen LogP contribution is 2.25. The molecule has 4 rings (SSSR count). The molecular formula is C25H20FN3O4S. The molecule has 1 aromatic heterocycles. The number of anilines is 1. The van der Waals surface area contributed by atoms with Gasteiger partial charge in [0.2, 0.25) is 5.91 Å². The Balaban J connectivity index is 1.29. The van der Waals surface area contributed by atoms with Crippen LogP contribution in [0.15, 0.2) is 72.8 Å². The van der Waals surface area contributed by atoms with Crippen LogP contribution in [0.25, 0.3) is 10.2 Å². The summed E-state index contributed by atoms with van der Waals surface area (Å²) in [6, 6.07) is 20.0. The SMILES string of the molecule is O=C(COC(=O)c1ccccc1Cc1nc2ccccc2s1)NCC(=O)Nc1ccc(F)cc1. The van der Waals surface area contributed by atoms with E-state index in [1.165, 1.54) is 24.3 Å². The van der Waals surface area contributed by atoms with E-state index in [4.69, 9.17) is 4.74 Å². The number of ether oxygens (including phenoxy) is 1. The predicted molar refractivity (Wildman–Crippen MR) is 127 cm³/mol. The third kappa shape index (κ3) is 6.02. The highest BCUT2D eigenvalue weighted by molar-refractivity contribution is 7.18. The van der Waals surface area contributed by atoms with Crippen molar-refractivity contribution in [3.63, 3.8) is 0 Å². The van der Waals surface area contributed by atoms with E-state index in [0.717, 1.165) is 20.8 Å². The van der Waals surface area contributed by atoms with Crippen molar-refractivity contribution in [2.45, 2.75) is 6.42 Å². The number of esters is 1. The van der Waals surface area contributed by atoms with Crippen LogP contribution in [0.4, 0.5) is 10.1 Å². The van der Waals surface area contributed by atoms with Crippen LogP contribution in [0.5, 0.6) is 0 Å². The Labute approximate surface area is 198 Å². The number of halogens is 1. The van der Waals surface area contributed by atoms with Gasteiger partial charge in [-0.15, -0.1) is 11.3 Å². The number of hydrogen-bond donors (Lipinski definition) is 2. The number of carbonyl (C=O) groups is 3. The normalized spacial score (nSPS) is 10.6. The number of fused-ring (bicyclic) bond motifs is 1. The van der Waals surface area contributed by atoms with E-state index in [0.29, 0.717) is 17.7 Å². The second-order valence-electron chi connectivity index (χ2n) is 7.32. The first-order valence-corrected chi connectivity index (χ1v) is 11.2. The topological polar surface area (TPSA) is 97.4 Å². The van der Waals surface area contributed by atoms with Crippen molar-refractivity contribution in [2.24, 2.45) is 0 Å². The summed E-state index contributed by atoms with van der Waals surface area (Å²) in [6.45, 7) is -0.847. The van der Waals surface area contributed by atoms with E-state index in [1.54, 1.807) is 23.5 Å². The molecule has 0 saturated heterocycles. The summed E-state index contributed by atoms with van der Waals surface area (Å²) in [4.78, 5) is 41.2. The Morgan fingerprint density at radius 2 is 1.65 bits per heavy atom. The Morgan fingerprint density at radius 3 is 2.44 bits per heavy atom. The number of para-hydroxylation sites is 1. The standard InChI is InChI=1S/C25H20FN3O4S/c26-17-9-11-18(12-10-17)28-22(30)14-27-23(31)15-33-25(32)19-6-2-1-5-16(19)13-24-29-20-7-3-4-8-21(20)34-24/h1-12H,13-15H2,(H,27,31)(H,28,30). The average Bonchev–Trinajstić information content (AvgIpc) is 3.25. The maximum Gasteiger partial charge on any atom is 0.338 e. The molecule has 9 heteroatoms. The van der Waals surface area contributed by atoms with Crippen molar-refractivity contribution in [3.05, 3.63) is 94.7 Å². The summed E-state index contributed by atoms with van der Waals surface area (Å²) in [7, 11) is 0. The summed E-state index contributed by atoms with van der Waals surface area (Å²) < 4.78 is 19.1. The predicted octanol–water partition coefficient (Wildman–Crippen LogP) is 3.94. The van der Waals surface area contributed by atoms with E-state index >= 15 is 0 Å². The lowest BCUT2D eigenvalue weighted by Crippen LogP contribution is -2.35. The zero-order valence-electron chi connectivity index (χ0n) is 17.9. The molecule has 0 atom stereocenters. The summed E-state index contributed by atoms with van der Waals surface area (Å²) in [5, 5.41) is 5.77. The zero-order chi connectivity index (χ0) is 23.9. The molecule has 3 aromatic carbocycles. The van der Waals surface area contributed by atoms with Crippen LogP contribution in [0.3, 0.4) is 0 Å². The van der Waals surface area contributed by atoms with Gasteiger partial charge in [-0.2, -0.15) is 0 Å². The van der Waals surface area contributed by atoms with E-state index in [9.17, 15) is 18.8 Å². The average molecular weight is 478 g/mol. The molecule has 7 nitrogen and oxygen atoms in total. The number of nitrogens with zero attached hydrogens (tertiary/aromatic N) is 1. The van der Waals surface area contributed by atoms with E-state index in [1.807, 2.05) is 36.4 Å². The molecule has 0 bridgehead atoms. The van der Waals surface area contributed by atoms with Gasteiger partial charge in [-0.05, 0) is 48.0 Å².